The first-order chi connectivity index (χ1) is 9.78. The van der Waals surface area contributed by atoms with Gasteiger partial charge in [-0.15, -0.1) is 0 Å². The molecule has 0 fully saturated rings. The number of aromatic nitrogens is 2. The molecule has 0 saturated carbocycles. The van der Waals surface area contributed by atoms with E-state index < -0.39 is 0 Å². The standard InChI is InChI=1S/C17H18N2O/c1-19-16-10-9-14(20-2)12-15(16)18-17(19)11-8-13-6-4-3-5-7-13/h3-7,9-10,12H,8,11H2,1-2H3. The molecule has 3 rings (SSSR count). The summed E-state index contributed by atoms with van der Waals surface area (Å²) in [5.74, 6) is 1.96. The molecule has 0 unspecified atom stereocenters. The van der Waals surface area contributed by atoms with Gasteiger partial charge in [-0.2, -0.15) is 0 Å². The van der Waals surface area contributed by atoms with Crippen molar-refractivity contribution in [2.75, 3.05) is 7.11 Å². The van der Waals surface area contributed by atoms with Crippen molar-refractivity contribution in [1.82, 2.24) is 9.55 Å². The highest BCUT2D eigenvalue weighted by molar-refractivity contribution is 5.77. The first-order valence-electron chi connectivity index (χ1n) is 6.81. The van der Waals surface area contributed by atoms with Crippen LogP contribution in [0.2, 0.25) is 0 Å². The van der Waals surface area contributed by atoms with Crippen LogP contribution in [0.4, 0.5) is 0 Å². The van der Waals surface area contributed by atoms with Crippen molar-refractivity contribution >= 4 is 11.0 Å². The molecule has 3 heteroatoms. The maximum atomic E-state index is 5.25. The van der Waals surface area contributed by atoms with E-state index in [0.29, 0.717) is 0 Å². The molecule has 102 valence electrons. The molecule has 0 atom stereocenters. The third-order valence-corrected chi connectivity index (χ3v) is 3.66. The molecule has 3 aromatic rings. The monoisotopic (exact) mass is 266 g/mol. The molecule has 0 bridgehead atoms. The zero-order valence-corrected chi connectivity index (χ0v) is 11.8. The number of hydrogen-bond donors (Lipinski definition) is 0. The van der Waals surface area contributed by atoms with Gasteiger partial charge >= 0.3 is 0 Å². The Morgan fingerprint density at radius 1 is 1.05 bits per heavy atom. The fraction of sp³-hybridized carbons (Fsp3) is 0.235. The lowest BCUT2D eigenvalue weighted by Gasteiger charge is -2.03. The Bertz CT molecular complexity index is 716. The molecule has 20 heavy (non-hydrogen) atoms. The maximum absolute atomic E-state index is 5.25. The van der Waals surface area contributed by atoms with E-state index in [1.807, 2.05) is 18.2 Å². The minimum atomic E-state index is 0.852. The van der Waals surface area contributed by atoms with Gasteiger partial charge in [0, 0.05) is 19.5 Å². The highest BCUT2D eigenvalue weighted by atomic mass is 16.5. The summed E-state index contributed by atoms with van der Waals surface area (Å²) in [6.45, 7) is 0. The molecule has 0 saturated heterocycles. The quantitative estimate of drug-likeness (QED) is 0.724. The maximum Gasteiger partial charge on any atom is 0.121 e. The molecule has 0 aliphatic carbocycles. The third-order valence-electron chi connectivity index (χ3n) is 3.66. The van der Waals surface area contributed by atoms with Crippen molar-refractivity contribution in [2.45, 2.75) is 12.8 Å². The van der Waals surface area contributed by atoms with Crippen LogP contribution in [-0.2, 0) is 19.9 Å². The van der Waals surface area contributed by atoms with Crippen molar-refractivity contribution < 1.29 is 4.74 Å². The van der Waals surface area contributed by atoms with Gasteiger partial charge in [0.25, 0.3) is 0 Å². The highest BCUT2D eigenvalue weighted by Crippen LogP contribution is 2.21. The van der Waals surface area contributed by atoms with E-state index in [2.05, 4.69) is 41.9 Å². The Morgan fingerprint density at radius 2 is 1.85 bits per heavy atom. The summed E-state index contributed by atoms with van der Waals surface area (Å²) in [7, 11) is 3.75. The van der Waals surface area contributed by atoms with Gasteiger partial charge in [0.05, 0.1) is 18.1 Å². The Morgan fingerprint density at radius 3 is 2.60 bits per heavy atom. The van der Waals surface area contributed by atoms with Crippen LogP contribution in [0.5, 0.6) is 5.75 Å². The van der Waals surface area contributed by atoms with Crippen LogP contribution < -0.4 is 4.74 Å². The molecule has 0 spiro atoms. The van der Waals surface area contributed by atoms with Crippen LogP contribution >= 0.6 is 0 Å². The SMILES string of the molecule is COc1ccc2c(c1)nc(CCc1ccccc1)n2C. The van der Waals surface area contributed by atoms with Crippen LogP contribution in [-0.4, -0.2) is 16.7 Å². The zero-order chi connectivity index (χ0) is 13.9. The minimum Gasteiger partial charge on any atom is -0.497 e. The molecule has 1 aromatic heterocycles. The first-order valence-corrected chi connectivity index (χ1v) is 6.81. The lowest BCUT2D eigenvalue weighted by Crippen LogP contribution is -2.00. The Kier molecular flexibility index (Phi) is 3.42. The molecule has 0 N–H and O–H groups in total. The number of hydrogen-bond acceptors (Lipinski definition) is 2. The fourth-order valence-corrected chi connectivity index (χ4v) is 2.48. The summed E-state index contributed by atoms with van der Waals surface area (Å²) in [6.07, 6.45) is 1.95. The van der Waals surface area contributed by atoms with Gasteiger partial charge in [-0.1, -0.05) is 30.3 Å². The average Bonchev–Trinajstić information content (AvgIpc) is 2.82. The molecule has 0 radical (unpaired) electrons. The van der Waals surface area contributed by atoms with Gasteiger partial charge in [-0.05, 0) is 24.1 Å². The number of fused-ring (bicyclic) bond motifs is 1. The molecule has 2 aromatic carbocycles. The highest BCUT2D eigenvalue weighted by Gasteiger charge is 2.08. The number of benzene rings is 2. The number of nitrogens with zero attached hydrogens (tertiary/aromatic N) is 2. The number of imidazole rings is 1. The van der Waals surface area contributed by atoms with Crippen molar-refractivity contribution in [1.29, 1.82) is 0 Å². The van der Waals surface area contributed by atoms with E-state index in [-0.39, 0.29) is 0 Å². The van der Waals surface area contributed by atoms with Crippen molar-refractivity contribution in [3.05, 3.63) is 59.9 Å². The Balaban J connectivity index is 1.86. The number of ether oxygens (including phenoxy) is 1. The summed E-state index contributed by atoms with van der Waals surface area (Å²) < 4.78 is 7.42. The summed E-state index contributed by atoms with van der Waals surface area (Å²) >= 11 is 0. The lowest BCUT2D eigenvalue weighted by atomic mass is 10.1. The van der Waals surface area contributed by atoms with E-state index in [1.54, 1.807) is 7.11 Å². The van der Waals surface area contributed by atoms with Crippen molar-refractivity contribution in [2.24, 2.45) is 7.05 Å². The van der Waals surface area contributed by atoms with E-state index in [0.717, 1.165) is 35.4 Å². The lowest BCUT2D eigenvalue weighted by molar-refractivity contribution is 0.415. The molecular weight excluding hydrogens is 248 g/mol. The number of rotatable bonds is 4. The molecule has 0 amide bonds. The smallest absolute Gasteiger partial charge is 0.121 e. The fourth-order valence-electron chi connectivity index (χ4n) is 2.48. The second-order valence-corrected chi connectivity index (χ2v) is 4.93. The van der Waals surface area contributed by atoms with E-state index in [9.17, 15) is 0 Å². The Hall–Kier alpha value is -2.29. The largest absolute Gasteiger partial charge is 0.497 e. The third kappa shape index (κ3) is 2.39. The zero-order valence-electron chi connectivity index (χ0n) is 11.8. The second kappa shape index (κ2) is 5.37. The van der Waals surface area contributed by atoms with E-state index in [1.165, 1.54) is 5.56 Å². The first kappa shape index (κ1) is 12.7. The summed E-state index contributed by atoms with van der Waals surface area (Å²) in [4.78, 5) is 4.72. The van der Waals surface area contributed by atoms with Gasteiger partial charge < -0.3 is 9.30 Å². The minimum absolute atomic E-state index is 0.852. The summed E-state index contributed by atoms with van der Waals surface area (Å²) in [5.41, 5.74) is 3.49. The molecular formula is C17H18N2O. The molecule has 0 aliphatic heterocycles. The second-order valence-electron chi connectivity index (χ2n) is 4.93. The predicted octanol–water partition coefficient (Wildman–Crippen LogP) is 3.37. The van der Waals surface area contributed by atoms with Gasteiger partial charge in [0.2, 0.25) is 0 Å². The van der Waals surface area contributed by atoms with Crippen LogP contribution in [0.1, 0.15) is 11.4 Å². The predicted molar refractivity (Wildman–Crippen MR) is 81.1 cm³/mol. The molecule has 0 aliphatic rings. The normalized spacial score (nSPS) is 10.9. The van der Waals surface area contributed by atoms with Crippen LogP contribution in [0.3, 0.4) is 0 Å². The van der Waals surface area contributed by atoms with Crippen LogP contribution in [0.15, 0.2) is 48.5 Å². The molecule has 1 heterocycles. The summed E-state index contributed by atoms with van der Waals surface area (Å²) in [5, 5.41) is 0. The molecule has 3 nitrogen and oxygen atoms in total. The van der Waals surface area contributed by atoms with Gasteiger partial charge in [-0.3, -0.25) is 0 Å². The average molecular weight is 266 g/mol. The van der Waals surface area contributed by atoms with Gasteiger partial charge in [-0.25, -0.2) is 4.98 Å². The van der Waals surface area contributed by atoms with E-state index in [4.69, 9.17) is 9.72 Å². The van der Waals surface area contributed by atoms with Crippen molar-refractivity contribution in [3.8, 4) is 5.75 Å². The van der Waals surface area contributed by atoms with Crippen molar-refractivity contribution in [3.63, 3.8) is 0 Å². The van der Waals surface area contributed by atoms with Gasteiger partial charge in [0.15, 0.2) is 0 Å². The topological polar surface area (TPSA) is 27.1 Å². The number of aryl methyl sites for hydroxylation is 3. The van der Waals surface area contributed by atoms with E-state index >= 15 is 0 Å². The van der Waals surface area contributed by atoms with Gasteiger partial charge in [0.1, 0.15) is 11.6 Å². The summed E-state index contributed by atoms with van der Waals surface area (Å²) in [6, 6.07) is 16.5. The Labute approximate surface area is 118 Å². The van der Waals surface area contributed by atoms with Crippen LogP contribution in [0, 0.1) is 0 Å². The number of methoxy groups -OCH3 is 1. The van der Waals surface area contributed by atoms with Crippen LogP contribution in [0.25, 0.3) is 11.0 Å².